The molecule has 1 amide bonds. The summed E-state index contributed by atoms with van der Waals surface area (Å²) in [6.45, 7) is 1.97. The Morgan fingerprint density at radius 1 is 1.24 bits per heavy atom. The average molecular weight is 398 g/mol. The molecule has 0 radical (unpaired) electrons. The van der Waals surface area contributed by atoms with Crippen LogP contribution in [0, 0.1) is 6.92 Å². The van der Waals surface area contributed by atoms with Crippen LogP contribution in [0.3, 0.4) is 0 Å². The first-order valence-corrected chi connectivity index (χ1v) is 9.31. The van der Waals surface area contributed by atoms with E-state index in [1.807, 2.05) is 23.8 Å². The van der Waals surface area contributed by atoms with E-state index in [1.165, 1.54) is 6.33 Å². The van der Waals surface area contributed by atoms with Gasteiger partial charge >= 0.3 is 6.09 Å². The summed E-state index contributed by atoms with van der Waals surface area (Å²) in [4.78, 5) is 19.3. The van der Waals surface area contributed by atoms with Gasteiger partial charge in [0.25, 0.3) is 0 Å². The molecule has 1 saturated carbocycles. The quantitative estimate of drug-likeness (QED) is 0.514. The van der Waals surface area contributed by atoms with Crippen LogP contribution in [-0.2, 0) is 6.54 Å². The SMILES string of the molecule is Cc1ncnc2c1ccn2[C@@H]1C[C@H](Oc2ccccc2CNC(=O)O)[C@@H](O)[C@H]1O. The molecule has 1 aromatic carbocycles. The van der Waals surface area contributed by atoms with E-state index in [0.717, 1.165) is 11.1 Å². The molecule has 29 heavy (non-hydrogen) atoms. The molecule has 152 valence electrons. The summed E-state index contributed by atoms with van der Waals surface area (Å²) in [6.07, 6.45) is -0.230. The van der Waals surface area contributed by atoms with Gasteiger partial charge in [-0.1, -0.05) is 18.2 Å². The van der Waals surface area contributed by atoms with Gasteiger partial charge in [-0.2, -0.15) is 0 Å². The van der Waals surface area contributed by atoms with Crippen molar-refractivity contribution >= 4 is 17.1 Å². The largest absolute Gasteiger partial charge is 0.487 e. The lowest BCUT2D eigenvalue weighted by atomic mass is 10.2. The Morgan fingerprint density at radius 2 is 2.03 bits per heavy atom. The van der Waals surface area contributed by atoms with Crippen molar-refractivity contribution in [2.24, 2.45) is 0 Å². The summed E-state index contributed by atoms with van der Waals surface area (Å²) < 4.78 is 7.84. The molecule has 1 aliphatic carbocycles. The minimum Gasteiger partial charge on any atom is -0.487 e. The average Bonchev–Trinajstić information content (AvgIpc) is 3.25. The van der Waals surface area contributed by atoms with Gasteiger partial charge in [0, 0.05) is 30.1 Å². The predicted molar refractivity (Wildman–Crippen MR) is 104 cm³/mol. The molecule has 4 rings (SSSR count). The van der Waals surface area contributed by atoms with Crippen LogP contribution in [0.1, 0.15) is 23.7 Å². The number of fused-ring (bicyclic) bond motifs is 1. The first-order valence-electron chi connectivity index (χ1n) is 9.31. The lowest BCUT2D eigenvalue weighted by molar-refractivity contribution is -0.0166. The van der Waals surface area contributed by atoms with E-state index in [0.29, 0.717) is 23.4 Å². The van der Waals surface area contributed by atoms with E-state index >= 15 is 0 Å². The maximum absolute atomic E-state index is 10.8. The van der Waals surface area contributed by atoms with Crippen LogP contribution in [0.25, 0.3) is 11.0 Å². The van der Waals surface area contributed by atoms with E-state index in [4.69, 9.17) is 9.84 Å². The number of carbonyl (C=O) groups is 1. The van der Waals surface area contributed by atoms with Crippen molar-refractivity contribution in [3.63, 3.8) is 0 Å². The summed E-state index contributed by atoms with van der Waals surface area (Å²) >= 11 is 0. The van der Waals surface area contributed by atoms with Gasteiger partial charge in [0.05, 0.1) is 11.7 Å². The fraction of sp³-hybridized carbons (Fsp3) is 0.350. The number of benzene rings is 1. The minimum absolute atomic E-state index is 0.0821. The Kier molecular flexibility index (Phi) is 5.08. The Morgan fingerprint density at radius 3 is 2.83 bits per heavy atom. The lowest BCUT2D eigenvalue weighted by Crippen LogP contribution is -2.34. The second-order valence-electron chi connectivity index (χ2n) is 7.13. The molecular weight excluding hydrogens is 376 g/mol. The second kappa shape index (κ2) is 7.69. The van der Waals surface area contributed by atoms with Crippen LogP contribution in [0.4, 0.5) is 4.79 Å². The predicted octanol–water partition coefficient (Wildman–Crippen LogP) is 1.62. The lowest BCUT2D eigenvalue weighted by Gasteiger charge is -2.20. The van der Waals surface area contributed by atoms with E-state index < -0.39 is 30.4 Å². The van der Waals surface area contributed by atoms with Gasteiger partial charge in [-0.05, 0) is 19.1 Å². The van der Waals surface area contributed by atoms with E-state index in [2.05, 4.69) is 15.3 Å². The summed E-state index contributed by atoms with van der Waals surface area (Å²) in [5.41, 5.74) is 2.18. The Labute approximate surface area is 166 Å². The number of hydrogen-bond acceptors (Lipinski definition) is 6. The third kappa shape index (κ3) is 3.62. The van der Waals surface area contributed by atoms with Gasteiger partial charge in [0.1, 0.15) is 36.0 Å². The number of aromatic nitrogens is 3. The van der Waals surface area contributed by atoms with Gasteiger partial charge < -0.3 is 29.9 Å². The molecule has 2 aromatic heterocycles. The Hall–Kier alpha value is -3.17. The first kappa shape index (κ1) is 19.2. The topological polar surface area (TPSA) is 130 Å². The zero-order valence-electron chi connectivity index (χ0n) is 15.8. The normalized spacial score (nSPS) is 24.0. The first-order chi connectivity index (χ1) is 14.0. The van der Waals surface area contributed by atoms with E-state index in [9.17, 15) is 15.0 Å². The molecular formula is C20H22N4O5. The number of amides is 1. The van der Waals surface area contributed by atoms with Crippen molar-refractivity contribution in [1.82, 2.24) is 19.9 Å². The molecule has 9 nitrogen and oxygen atoms in total. The standard InChI is InChI=1S/C20H22N4O5/c1-11-13-6-7-24(19(13)23-10-22-11)14-8-16(18(26)17(14)25)29-15-5-3-2-4-12(15)9-21-20(27)28/h2-7,10,14,16-18,21,25-26H,8-9H2,1H3,(H,27,28)/t14-,16+,17+,18-/m1/s1. The van der Waals surface area contributed by atoms with Crippen LogP contribution in [0.15, 0.2) is 42.9 Å². The Bertz CT molecular complexity index is 1040. The number of ether oxygens (including phenoxy) is 1. The molecule has 4 atom stereocenters. The van der Waals surface area contributed by atoms with Gasteiger partial charge in [-0.15, -0.1) is 0 Å². The highest BCUT2D eigenvalue weighted by Gasteiger charge is 2.44. The van der Waals surface area contributed by atoms with Gasteiger partial charge in [0.15, 0.2) is 0 Å². The van der Waals surface area contributed by atoms with Crippen LogP contribution >= 0.6 is 0 Å². The monoisotopic (exact) mass is 398 g/mol. The molecule has 0 aliphatic heterocycles. The molecule has 3 aromatic rings. The van der Waals surface area contributed by atoms with Crippen molar-refractivity contribution in [3.8, 4) is 5.75 Å². The van der Waals surface area contributed by atoms with Crippen molar-refractivity contribution in [3.05, 3.63) is 54.1 Å². The minimum atomic E-state index is -1.13. The number of aryl methyl sites for hydroxylation is 1. The Balaban J connectivity index is 1.57. The molecule has 9 heteroatoms. The van der Waals surface area contributed by atoms with Crippen molar-refractivity contribution in [1.29, 1.82) is 0 Å². The fourth-order valence-corrected chi connectivity index (χ4v) is 3.82. The van der Waals surface area contributed by atoms with E-state index in [-0.39, 0.29) is 6.54 Å². The zero-order valence-corrected chi connectivity index (χ0v) is 15.8. The highest BCUT2D eigenvalue weighted by Crippen LogP contribution is 2.36. The van der Waals surface area contributed by atoms with Crippen molar-refractivity contribution in [2.75, 3.05) is 0 Å². The summed E-state index contributed by atoms with van der Waals surface area (Å²) in [6, 6.07) is 8.50. The highest BCUT2D eigenvalue weighted by molar-refractivity contribution is 5.78. The maximum atomic E-state index is 10.8. The number of nitrogens with zero attached hydrogens (tertiary/aromatic N) is 3. The molecule has 0 saturated heterocycles. The zero-order chi connectivity index (χ0) is 20.5. The molecule has 4 N–H and O–H groups in total. The van der Waals surface area contributed by atoms with Gasteiger partial charge in [-0.3, -0.25) is 0 Å². The number of nitrogens with one attached hydrogen (secondary N) is 1. The fourth-order valence-electron chi connectivity index (χ4n) is 3.82. The molecule has 1 aliphatic rings. The molecule has 0 unspecified atom stereocenters. The summed E-state index contributed by atoms with van der Waals surface area (Å²) in [7, 11) is 0. The van der Waals surface area contributed by atoms with Crippen LogP contribution < -0.4 is 10.1 Å². The number of rotatable bonds is 5. The van der Waals surface area contributed by atoms with Gasteiger partial charge in [-0.25, -0.2) is 14.8 Å². The molecule has 2 heterocycles. The number of carboxylic acid groups (broad SMARTS) is 1. The summed E-state index contributed by atoms with van der Waals surface area (Å²) in [5, 5.41) is 33.3. The van der Waals surface area contributed by atoms with Crippen LogP contribution in [0.5, 0.6) is 5.75 Å². The third-order valence-electron chi connectivity index (χ3n) is 5.35. The molecule has 0 bridgehead atoms. The highest BCUT2D eigenvalue weighted by atomic mass is 16.5. The summed E-state index contributed by atoms with van der Waals surface area (Å²) in [5.74, 6) is 0.466. The van der Waals surface area contributed by atoms with Gasteiger partial charge in [0.2, 0.25) is 0 Å². The smallest absolute Gasteiger partial charge is 0.404 e. The molecule has 0 spiro atoms. The maximum Gasteiger partial charge on any atom is 0.404 e. The third-order valence-corrected chi connectivity index (χ3v) is 5.35. The van der Waals surface area contributed by atoms with E-state index in [1.54, 1.807) is 24.3 Å². The van der Waals surface area contributed by atoms with Crippen molar-refractivity contribution in [2.45, 2.75) is 44.2 Å². The number of hydrogen-bond donors (Lipinski definition) is 4. The number of aliphatic hydroxyl groups excluding tert-OH is 2. The molecule has 1 fully saturated rings. The van der Waals surface area contributed by atoms with Crippen LogP contribution in [0.2, 0.25) is 0 Å². The second-order valence-corrected chi connectivity index (χ2v) is 7.13. The number of aliphatic hydroxyl groups is 2. The van der Waals surface area contributed by atoms with Crippen molar-refractivity contribution < 1.29 is 24.9 Å². The number of para-hydroxylation sites is 1. The van der Waals surface area contributed by atoms with Crippen LogP contribution in [-0.4, -0.2) is 54.3 Å².